The Bertz CT molecular complexity index is 892. The number of hydrogen-bond acceptors (Lipinski definition) is 4. The molecule has 0 radical (unpaired) electrons. The van der Waals surface area contributed by atoms with Gasteiger partial charge in [0.1, 0.15) is 16.9 Å². The van der Waals surface area contributed by atoms with Crippen LogP contribution in [-0.2, 0) is 16.0 Å². The summed E-state index contributed by atoms with van der Waals surface area (Å²) >= 11 is 0. The number of carbonyl (C=O) groups is 2. The standard InChI is InChI=1S/C22H26N2O4/c1-22(2,20(25)23-17-14-16(27-3)11-12-19(17)28-4)21(26)24-13-7-9-15-8-5-6-10-18(15)24/h5-6,8,10-12,14H,7,9,13H2,1-4H3,(H,23,25). The van der Waals surface area contributed by atoms with Gasteiger partial charge in [-0.15, -0.1) is 0 Å². The summed E-state index contributed by atoms with van der Waals surface area (Å²) in [6, 6.07) is 13.0. The van der Waals surface area contributed by atoms with Crippen LogP contribution in [0.2, 0.25) is 0 Å². The van der Waals surface area contributed by atoms with Gasteiger partial charge in [-0.05, 0) is 50.5 Å². The molecule has 0 saturated heterocycles. The molecule has 0 fully saturated rings. The Hall–Kier alpha value is -3.02. The molecule has 0 saturated carbocycles. The molecule has 2 aromatic carbocycles. The summed E-state index contributed by atoms with van der Waals surface area (Å²) in [5.74, 6) is 0.469. The molecule has 0 atom stereocenters. The average molecular weight is 382 g/mol. The van der Waals surface area contributed by atoms with E-state index >= 15 is 0 Å². The van der Waals surface area contributed by atoms with Crippen LogP contribution in [0.25, 0.3) is 0 Å². The van der Waals surface area contributed by atoms with Gasteiger partial charge < -0.3 is 19.7 Å². The molecular formula is C22H26N2O4. The van der Waals surface area contributed by atoms with Gasteiger partial charge in [0.05, 0.1) is 19.9 Å². The quantitative estimate of drug-likeness (QED) is 0.802. The van der Waals surface area contributed by atoms with E-state index < -0.39 is 11.3 Å². The zero-order chi connectivity index (χ0) is 20.3. The van der Waals surface area contributed by atoms with Gasteiger partial charge in [0.15, 0.2) is 0 Å². The maximum atomic E-state index is 13.3. The summed E-state index contributed by atoms with van der Waals surface area (Å²) in [5, 5.41) is 2.83. The number of fused-ring (bicyclic) bond motifs is 1. The first-order chi connectivity index (χ1) is 13.4. The highest BCUT2D eigenvalue weighted by atomic mass is 16.5. The second-order valence-electron chi connectivity index (χ2n) is 7.33. The lowest BCUT2D eigenvalue weighted by Gasteiger charge is -2.35. The number of nitrogens with one attached hydrogen (secondary N) is 1. The topological polar surface area (TPSA) is 67.9 Å². The highest BCUT2D eigenvalue weighted by molar-refractivity contribution is 6.15. The van der Waals surface area contributed by atoms with Crippen molar-refractivity contribution in [3.63, 3.8) is 0 Å². The van der Waals surface area contributed by atoms with E-state index in [0.29, 0.717) is 23.7 Å². The maximum absolute atomic E-state index is 13.3. The third-order valence-corrected chi connectivity index (χ3v) is 5.11. The van der Waals surface area contributed by atoms with Gasteiger partial charge in [0, 0.05) is 18.3 Å². The molecule has 0 spiro atoms. The van der Waals surface area contributed by atoms with E-state index in [0.717, 1.165) is 24.1 Å². The van der Waals surface area contributed by atoms with Crippen LogP contribution in [0.5, 0.6) is 11.5 Å². The first-order valence-electron chi connectivity index (χ1n) is 9.32. The molecule has 0 aliphatic carbocycles. The number of ether oxygens (including phenoxy) is 2. The monoisotopic (exact) mass is 382 g/mol. The number of amides is 2. The molecule has 0 aromatic heterocycles. The zero-order valence-corrected chi connectivity index (χ0v) is 16.7. The summed E-state index contributed by atoms with van der Waals surface area (Å²) in [7, 11) is 3.08. The SMILES string of the molecule is COc1ccc(OC)c(NC(=O)C(C)(C)C(=O)N2CCCc3ccccc32)c1. The van der Waals surface area contributed by atoms with E-state index in [1.807, 2.05) is 24.3 Å². The van der Waals surface area contributed by atoms with Crippen molar-refractivity contribution in [1.29, 1.82) is 0 Å². The Labute approximate surface area is 165 Å². The number of aryl methyl sites for hydroxylation is 1. The van der Waals surface area contributed by atoms with Crippen LogP contribution in [0, 0.1) is 5.41 Å². The number of anilines is 2. The highest BCUT2D eigenvalue weighted by Gasteiger charge is 2.41. The molecule has 2 amide bonds. The van der Waals surface area contributed by atoms with Crippen LogP contribution in [0.4, 0.5) is 11.4 Å². The van der Waals surface area contributed by atoms with Crippen molar-refractivity contribution >= 4 is 23.2 Å². The largest absolute Gasteiger partial charge is 0.497 e. The summed E-state index contributed by atoms with van der Waals surface area (Å²) < 4.78 is 10.5. The van der Waals surface area contributed by atoms with Gasteiger partial charge in [-0.3, -0.25) is 9.59 Å². The van der Waals surface area contributed by atoms with Crippen LogP contribution >= 0.6 is 0 Å². The van der Waals surface area contributed by atoms with E-state index in [9.17, 15) is 9.59 Å². The van der Waals surface area contributed by atoms with E-state index in [1.54, 1.807) is 44.1 Å². The summed E-state index contributed by atoms with van der Waals surface area (Å²) in [6.07, 6.45) is 1.82. The number of hydrogen-bond donors (Lipinski definition) is 1. The Morgan fingerprint density at radius 1 is 1.07 bits per heavy atom. The molecule has 3 rings (SSSR count). The Balaban J connectivity index is 1.85. The molecule has 1 aliphatic heterocycles. The smallest absolute Gasteiger partial charge is 0.242 e. The Morgan fingerprint density at radius 3 is 2.54 bits per heavy atom. The van der Waals surface area contributed by atoms with E-state index in [2.05, 4.69) is 5.32 Å². The predicted molar refractivity (Wildman–Crippen MR) is 109 cm³/mol. The van der Waals surface area contributed by atoms with Crippen LogP contribution in [0.1, 0.15) is 25.8 Å². The fourth-order valence-corrected chi connectivity index (χ4v) is 3.37. The van der Waals surface area contributed by atoms with E-state index in [-0.39, 0.29) is 5.91 Å². The molecule has 28 heavy (non-hydrogen) atoms. The Morgan fingerprint density at radius 2 is 1.82 bits per heavy atom. The normalized spacial score (nSPS) is 13.5. The lowest BCUT2D eigenvalue weighted by molar-refractivity contribution is -0.136. The summed E-state index contributed by atoms with van der Waals surface area (Å²) in [6.45, 7) is 3.90. The summed E-state index contributed by atoms with van der Waals surface area (Å²) in [4.78, 5) is 28.1. The van der Waals surface area contributed by atoms with Gasteiger partial charge in [-0.1, -0.05) is 18.2 Å². The predicted octanol–water partition coefficient (Wildman–Crippen LogP) is 3.65. The number of nitrogens with zero attached hydrogens (tertiary/aromatic N) is 1. The molecule has 1 aliphatic rings. The minimum absolute atomic E-state index is 0.223. The van der Waals surface area contributed by atoms with Crippen molar-refractivity contribution in [1.82, 2.24) is 0 Å². The van der Waals surface area contributed by atoms with Crippen LogP contribution in [-0.4, -0.2) is 32.6 Å². The van der Waals surface area contributed by atoms with Gasteiger partial charge in [-0.2, -0.15) is 0 Å². The number of para-hydroxylation sites is 1. The lowest BCUT2D eigenvalue weighted by atomic mass is 9.88. The average Bonchev–Trinajstić information content (AvgIpc) is 2.72. The molecule has 0 bridgehead atoms. The van der Waals surface area contributed by atoms with Crippen molar-refractivity contribution in [2.45, 2.75) is 26.7 Å². The maximum Gasteiger partial charge on any atom is 0.242 e. The Kier molecular flexibility index (Phi) is 5.58. The van der Waals surface area contributed by atoms with Gasteiger partial charge in [-0.25, -0.2) is 0 Å². The fourth-order valence-electron chi connectivity index (χ4n) is 3.37. The second kappa shape index (κ2) is 7.92. The lowest BCUT2D eigenvalue weighted by Crippen LogP contribution is -2.49. The van der Waals surface area contributed by atoms with E-state index in [4.69, 9.17) is 9.47 Å². The minimum Gasteiger partial charge on any atom is -0.497 e. The molecule has 6 nitrogen and oxygen atoms in total. The molecule has 0 unspecified atom stereocenters. The number of methoxy groups -OCH3 is 2. The second-order valence-corrected chi connectivity index (χ2v) is 7.33. The van der Waals surface area contributed by atoms with Crippen molar-refractivity contribution < 1.29 is 19.1 Å². The van der Waals surface area contributed by atoms with Gasteiger partial charge in [0.2, 0.25) is 11.8 Å². The first-order valence-corrected chi connectivity index (χ1v) is 9.32. The molecular weight excluding hydrogens is 356 g/mol. The first kappa shape index (κ1) is 19.7. The third kappa shape index (κ3) is 3.67. The van der Waals surface area contributed by atoms with Crippen molar-refractivity contribution in [3.05, 3.63) is 48.0 Å². The number of carbonyl (C=O) groups excluding carboxylic acids is 2. The molecule has 1 N–H and O–H groups in total. The molecule has 6 heteroatoms. The van der Waals surface area contributed by atoms with Crippen LogP contribution < -0.4 is 19.7 Å². The fraction of sp³-hybridized carbons (Fsp3) is 0.364. The summed E-state index contributed by atoms with van der Waals surface area (Å²) in [5.41, 5.74) is 1.23. The molecule has 148 valence electrons. The third-order valence-electron chi connectivity index (χ3n) is 5.11. The van der Waals surface area contributed by atoms with E-state index in [1.165, 1.54) is 7.11 Å². The van der Waals surface area contributed by atoms with Gasteiger partial charge in [0.25, 0.3) is 0 Å². The van der Waals surface area contributed by atoms with Crippen LogP contribution in [0.15, 0.2) is 42.5 Å². The number of rotatable bonds is 5. The van der Waals surface area contributed by atoms with Crippen LogP contribution in [0.3, 0.4) is 0 Å². The van der Waals surface area contributed by atoms with Crippen molar-refractivity contribution in [3.8, 4) is 11.5 Å². The zero-order valence-electron chi connectivity index (χ0n) is 16.7. The van der Waals surface area contributed by atoms with Crippen molar-refractivity contribution in [2.75, 3.05) is 31.0 Å². The minimum atomic E-state index is -1.25. The number of benzene rings is 2. The van der Waals surface area contributed by atoms with Gasteiger partial charge >= 0.3 is 0 Å². The molecule has 1 heterocycles. The van der Waals surface area contributed by atoms with Crippen molar-refractivity contribution in [2.24, 2.45) is 5.41 Å². The molecule has 2 aromatic rings. The highest BCUT2D eigenvalue weighted by Crippen LogP contribution is 2.34.